The fourth-order valence-corrected chi connectivity index (χ4v) is 16.6. The Balaban J connectivity index is 1.05. The lowest BCUT2D eigenvalue weighted by Crippen LogP contribution is -2.16. The average Bonchev–Trinajstić information content (AvgIpc) is 1.51. The molecule has 6 heterocycles. The molecule has 20 aromatic rings. The van der Waals surface area contributed by atoms with Gasteiger partial charge in [-0.2, -0.15) is 0 Å². The highest BCUT2D eigenvalue weighted by molar-refractivity contribution is 6.42. The molecule has 442 valence electrons. The number of aromatic nitrogens is 6. The number of para-hydroxylation sites is 10. The van der Waals surface area contributed by atoms with Crippen molar-refractivity contribution in [3.63, 3.8) is 0 Å². The van der Waals surface area contributed by atoms with Crippen LogP contribution in [0.4, 0.5) is 5.69 Å². The highest BCUT2D eigenvalue weighted by Gasteiger charge is 2.34. The Morgan fingerprint density at radius 2 is 0.468 bits per heavy atom. The second kappa shape index (κ2) is 19.8. The largest absolute Gasteiger partial charge is 0.374 e. The smallest absolute Gasteiger partial charge is 0.0851 e. The lowest BCUT2D eigenvalue weighted by molar-refractivity contribution is 1.05. The zero-order valence-corrected chi connectivity index (χ0v) is 52.0. The maximum Gasteiger partial charge on any atom is 0.0851 e. The van der Waals surface area contributed by atoms with Gasteiger partial charge >= 0.3 is 0 Å². The van der Waals surface area contributed by atoms with Crippen molar-refractivity contribution in [2.75, 3.05) is 19.0 Å². The minimum Gasteiger partial charge on any atom is -0.374 e. The Bertz CT molecular complexity index is 6480. The van der Waals surface area contributed by atoms with Crippen molar-refractivity contribution in [1.82, 2.24) is 27.4 Å². The molecule has 0 atom stereocenters. The van der Waals surface area contributed by atoms with E-state index < -0.39 is 0 Å². The number of anilines is 1. The Labute approximate surface area is 540 Å². The third-order valence-corrected chi connectivity index (χ3v) is 20.2. The van der Waals surface area contributed by atoms with Gasteiger partial charge < -0.3 is 32.3 Å². The van der Waals surface area contributed by atoms with Gasteiger partial charge in [-0.15, -0.1) is 0 Å². The second-order valence-corrected chi connectivity index (χ2v) is 25.4. The zero-order chi connectivity index (χ0) is 62.0. The van der Waals surface area contributed by atoms with Crippen LogP contribution in [-0.2, 0) is 0 Å². The van der Waals surface area contributed by atoms with Gasteiger partial charge in [-0.05, 0) is 115 Å². The molecule has 0 aliphatic heterocycles. The van der Waals surface area contributed by atoms with Crippen LogP contribution in [0.2, 0.25) is 0 Å². The van der Waals surface area contributed by atoms with E-state index in [0.29, 0.717) is 0 Å². The molecule has 0 fully saturated rings. The van der Waals surface area contributed by atoms with Gasteiger partial charge in [0.25, 0.3) is 0 Å². The van der Waals surface area contributed by atoms with Gasteiger partial charge in [-0.1, -0.05) is 212 Å². The molecule has 7 nitrogen and oxygen atoms in total. The minimum atomic E-state index is 1.07. The van der Waals surface area contributed by atoms with Crippen LogP contribution in [0.3, 0.4) is 0 Å². The topological polar surface area (TPSA) is 32.8 Å². The first kappa shape index (κ1) is 52.5. The first-order valence-electron chi connectivity index (χ1n) is 32.5. The number of nitrogens with zero attached hydrogens (tertiary/aromatic N) is 7. The molecule has 0 aliphatic carbocycles. The molecule has 0 spiro atoms. The number of hydrogen-bond acceptors (Lipinski definition) is 1. The Kier molecular flexibility index (Phi) is 11.1. The molecule has 0 radical (unpaired) electrons. The summed E-state index contributed by atoms with van der Waals surface area (Å²) in [5, 5.41) is 14.4. The first-order chi connectivity index (χ1) is 46.5. The van der Waals surface area contributed by atoms with Gasteiger partial charge in [0.2, 0.25) is 0 Å². The van der Waals surface area contributed by atoms with Gasteiger partial charge in [0.15, 0.2) is 0 Å². The highest BCUT2D eigenvalue weighted by Crippen LogP contribution is 2.55. The summed E-state index contributed by atoms with van der Waals surface area (Å²) in [6.07, 6.45) is 0. The fraction of sp³-hybridized carbons (Fsp3) is 0.0345. The van der Waals surface area contributed by atoms with Crippen LogP contribution < -0.4 is 4.90 Å². The van der Waals surface area contributed by atoms with E-state index in [9.17, 15) is 0 Å². The van der Waals surface area contributed by atoms with E-state index in [1.807, 2.05) is 0 Å². The van der Waals surface area contributed by atoms with Crippen molar-refractivity contribution in [2.45, 2.75) is 6.92 Å². The third-order valence-electron chi connectivity index (χ3n) is 20.2. The lowest BCUT2D eigenvalue weighted by Gasteiger charge is -2.26. The number of fused-ring (bicyclic) bond motifs is 24. The van der Waals surface area contributed by atoms with Crippen molar-refractivity contribution < 1.29 is 0 Å². The molecule has 0 N–H and O–H groups in total. The van der Waals surface area contributed by atoms with Gasteiger partial charge in [-0.3, -0.25) is 0 Å². The molecule has 7 heteroatoms. The highest BCUT2D eigenvalue weighted by atomic mass is 15.2. The van der Waals surface area contributed by atoms with Crippen molar-refractivity contribution in [3.8, 4) is 45.3 Å². The summed E-state index contributed by atoms with van der Waals surface area (Å²) in [6.45, 7) is 2.25. The lowest BCUT2D eigenvalue weighted by atomic mass is 10.0. The molecular formula is C87H59N7. The van der Waals surface area contributed by atoms with E-state index in [1.54, 1.807) is 0 Å². The molecule has 0 unspecified atom stereocenters. The number of hydrogen-bond donors (Lipinski definition) is 0. The Morgan fingerprint density at radius 1 is 0.223 bits per heavy atom. The van der Waals surface area contributed by atoms with Gasteiger partial charge in [0, 0.05) is 101 Å². The van der Waals surface area contributed by atoms with E-state index >= 15 is 0 Å². The van der Waals surface area contributed by atoms with E-state index in [0.717, 1.165) is 95.1 Å². The van der Waals surface area contributed by atoms with Crippen molar-refractivity contribution in [2.24, 2.45) is 0 Å². The minimum absolute atomic E-state index is 1.07. The fourth-order valence-electron chi connectivity index (χ4n) is 16.6. The molecule has 0 saturated heterocycles. The number of aryl methyl sites for hydroxylation is 1. The Hall–Kier alpha value is -12.3. The summed E-state index contributed by atoms with van der Waals surface area (Å²) < 4.78 is 15.5. The van der Waals surface area contributed by atoms with Crippen molar-refractivity contribution >= 4 is 137 Å². The molecule has 6 aromatic heterocycles. The second-order valence-electron chi connectivity index (χ2n) is 25.4. The predicted octanol–water partition coefficient (Wildman–Crippen LogP) is 22.3. The third kappa shape index (κ3) is 7.04. The van der Waals surface area contributed by atoms with Crippen LogP contribution in [0.15, 0.2) is 303 Å². The quantitative estimate of drug-likeness (QED) is 0.149. The molecule has 0 saturated carbocycles. The summed E-state index contributed by atoms with van der Waals surface area (Å²) in [5.74, 6) is 0. The van der Waals surface area contributed by atoms with Gasteiger partial charge in [-0.25, -0.2) is 0 Å². The van der Waals surface area contributed by atoms with Crippen LogP contribution in [0, 0.1) is 6.92 Å². The molecule has 20 rings (SSSR count). The molecule has 14 aromatic carbocycles. The Morgan fingerprint density at radius 3 is 0.777 bits per heavy atom. The summed E-state index contributed by atoms with van der Waals surface area (Å²) in [5.41, 5.74) is 25.0. The van der Waals surface area contributed by atoms with Crippen LogP contribution >= 0.6 is 0 Å². The maximum absolute atomic E-state index is 2.66. The first-order valence-corrected chi connectivity index (χ1v) is 32.5. The van der Waals surface area contributed by atoms with E-state index in [4.69, 9.17) is 0 Å². The van der Waals surface area contributed by atoms with Crippen LogP contribution in [0.5, 0.6) is 0 Å². The summed E-state index contributed by atoms with van der Waals surface area (Å²) in [7, 11) is 4.50. The van der Waals surface area contributed by atoms with Crippen molar-refractivity contribution in [1.29, 1.82) is 0 Å². The molecular weight excluding hydrogens is 1140 g/mol. The van der Waals surface area contributed by atoms with Crippen LogP contribution in [-0.4, -0.2) is 41.5 Å². The van der Waals surface area contributed by atoms with Crippen molar-refractivity contribution in [3.05, 3.63) is 309 Å². The SMILES string of the molecule is Cc1ccccc1-n1c2ccccc2c2c3c(c4ccccc4n3-c3cc(-c4ccccc4)cc(-n4c5ccccc5c5c6c(c7ccccc7n6-c6ccccc6)c6c(c7ccccc7n6-c6ccccc6)c54)c3N(C)C)c3c(c4ccccc4n3-c3ccccc3)c21. The monoisotopic (exact) mass is 1200 g/mol. The standard InChI is InChI=1S/C87H59N7/c1-54-30-16-23-45-66(54)92-70-49-27-20-42-63(70)80-85(92)76-61-40-18-25-47-68(61)91(59-37-14-7-15-38-59)84(76)79-65-44-22-29-51-72(65)94(87(79)80)74-53-56(55-31-8-4-9-32-55)52-73(81(74)88(2)3)93-71-50-28-21-43-64(71)78-83-75(60-39-17-24-46-67(60)89(83)57-33-10-5-11-34-57)82-77(86(78)93)62-41-19-26-48-69(62)90(82)58-35-12-6-13-36-58/h4-53H,1-3H3. The maximum atomic E-state index is 2.66. The number of rotatable bonds is 8. The van der Waals surface area contributed by atoms with Gasteiger partial charge in [0.05, 0.1) is 83.3 Å². The van der Waals surface area contributed by atoms with E-state index in [2.05, 4.69) is 357 Å². The van der Waals surface area contributed by atoms with E-state index in [-0.39, 0.29) is 0 Å². The normalized spacial score (nSPS) is 12.2. The average molecular weight is 1200 g/mol. The van der Waals surface area contributed by atoms with Crippen LogP contribution in [0.25, 0.3) is 176 Å². The summed E-state index contributed by atoms with van der Waals surface area (Å²) >= 11 is 0. The molecule has 0 aliphatic rings. The number of benzene rings is 14. The summed E-state index contributed by atoms with van der Waals surface area (Å²) in [6, 6.07) is 113. The molecule has 0 amide bonds. The molecule has 94 heavy (non-hydrogen) atoms. The summed E-state index contributed by atoms with van der Waals surface area (Å²) in [4.78, 5) is 2.39. The molecule has 0 bridgehead atoms. The zero-order valence-electron chi connectivity index (χ0n) is 52.0. The predicted molar refractivity (Wildman–Crippen MR) is 397 cm³/mol. The van der Waals surface area contributed by atoms with E-state index in [1.165, 1.54) is 92.3 Å². The van der Waals surface area contributed by atoms with Crippen LogP contribution in [0.1, 0.15) is 5.56 Å². The van der Waals surface area contributed by atoms with Gasteiger partial charge in [0.1, 0.15) is 0 Å².